The van der Waals surface area contributed by atoms with Crippen LogP contribution >= 0.6 is 11.6 Å². The van der Waals surface area contributed by atoms with Gasteiger partial charge in [-0.2, -0.15) is 18.2 Å². The third-order valence-corrected chi connectivity index (χ3v) is 4.15. The molecule has 8 heteroatoms. The highest BCUT2D eigenvalue weighted by Crippen LogP contribution is 2.35. The summed E-state index contributed by atoms with van der Waals surface area (Å²) >= 11 is 6.07. The van der Waals surface area contributed by atoms with Crippen molar-refractivity contribution in [2.45, 2.75) is 32.5 Å². The fourth-order valence-electron chi connectivity index (χ4n) is 2.59. The molecule has 0 atom stereocenters. The quantitative estimate of drug-likeness (QED) is 0.489. The number of hydrogen-bond acceptors (Lipinski definition) is 4. The molecular formula is C21H20ClF3N4. The molecule has 0 aliphatic heterocycles. The van der Waals surface area contributed by atoms with E-state index in [4.69, 9.17) is 11.6 Å². The molecule has 1 heterocycles. The third kappa shape index (κ3) is 5.60. The number of benzene rings is 2. The molecule has 152 valence electrons. The van der Waals surface area contributed by atoms with Crippen molar-refractivity contribution in [3.63, 3.8) is 0 Å². The van der Waals surface area contributed by atoms with Crippen LogP contribution in [0, 0.1) is 0 Å². The largest absolute Gasteiger partial charge is 0.416 e. The Morgan fingerprint density at radius 2 is 1.59 bits per heavy atom. The van der Waals surface area contributed by atoms with E-state index in [1.165, 1.54) is 6.07 Å². The van der Waals surface area contributed by atoms with Crippen molar-refractivity contribution in [1.29, 1.82) is 0 Å². The second-order valence-corrected chi connectivity index (χ2v) is 7.93. The van der Waals surface area contributed by atoms with Gasteiger partial charge in [0.05, 0.1) is 22.0 Å². The van der Waals surface area contributed by atoms with Crippen LogP contribution < -0.4 is 10.6 Å². The van der Waals surface area contributed by atoms with Gasteiger partial charge in [-0.1, -0.05) is 41.9 Å². The van der Waals surface area contributed by atoms with Gasteiger partial charge < -0.3 is 10.6 Å². The van der Waals surface area contributed by atoms with Crippen molar-refractivity contribution in [3.8, 4) is 11.3 Å². The van der Waals surface area contributed by atoms with Crippen molar-refractivity contribution in [2.75, 3.05) is 10.6 Å². The predicted octanol–water partition coefficient (Wildman–Crippen LogP) is 6.77. The van der Waals surface area contributed by atoms with Gasteiger partial charge in [-0.15, -0.1) is 0 Å². The highest BCUT2D eigenvalue weighted by molar-refractivity contribution is 6.33. The summed E-state index contributed by atoms with van der Waals surface area (Å²) in [6.45, 7) is 5.93. The van der Waals surface area contributed by atoms with E-state index in [9.17, 15) is 13.2 Å². The number of alkyl halides is 3. The minimum atomic E-state index is -4.46. The van der Waals surface area contributed by atoms with Gasteiger partial charge in [0.1, 0.15) is 5.82 Å². The van der Waals surface area contributed by atoms with Crippen molar-refractivity contribution in [2.24, 2.45) is 0 Å². The molecule has 29 heavy (non-hydrogen) atoms. The summed E-state index contributed by atoms with van der Waals surface area (Å²) in [4.78, 5) is 8.99. The number of aromatic nitrogens is 2. The van der Waals surface area contributed by atoms with E-state index in [1.807, 2.05) is 51.1 Å². The first kappa shape index (κ1) is 20.9. The van der Waals surface area contributed by atoms with Crippen LogP contribution in [0.5, 0.6) is 0 Å². The number of nitrogens with zero attached hydrogens (tertiary/aromatic N) is 2. The normalized spacial score (nSPS) is 12.0. The highest BCUT2D eigenvalue weighted by Gasteiger charge is 2.31. The van der Waals surface area contributed by atoms with Gasteiger partial charge in [0.2, 0.25) is 5.95 Å². The molecule has 0 fully saturated rings. The second-order valence-electron chi connectivity index (χ2n) is 7.52. The van der Waals surface area contributed by atoms with Crippen LogP contribution in [0.15, 0.2) is 54.6 Å². The number of hydrogen-bond donors (Lipinski definition) is 2. The lowest BCUT2D eigenvalue weighted by Gasteiger charge is -2.21. The molecule has 0 radical (unpaired) electrons. The number of anilines is 3. The molecule has 2 aromatic carbocycles. The van der Waals surface area contributed by atoms with E-state index in [0.29, 0.717) is 23.1 Å². The molecule has 2 N–H and O–H groups in total. The molecule has 0 aliphatic carbocycles. The summed E-state index contributed by atoms with van der Waals surface area (Å²) in [7, 11) is 0. The Balaban J connectivity index is 1.99. The lowest BCUT2D eigenvalue weighted by atomic mass is 10.1. The molecule has 4 nitrogen and oxygen atoms in total. The molecule has 0 spiro atoms. The van der Waals surface area contributed by atoms with Crippen LogP contribution in [0.2, 0.25) is 5.02 Å². The SMILES string of the molecule is CC(C)(C)Nc1nc(Nc2ccc(C(F)(F)F)cc2Cl)cc(-c2ccccc2)n1. The average Bonchev–Trinajstić information content (AvgIpc) is 2.61. The van der Waals surface area contributed by atoms with Gasteiger partial charge in [0, 0.05) is 17.2 Å². The lowest BCUT2D eigenvalue weighted by Crippen LogP contribution is -2.27. The Morgan fingerprint density at radius 1 is 0.897 bits per heavy atom. The van der Waals surface area contributed by atoms with Crippen LogP contribution in [0.3, 0.4) is 0 Å². The molecule has 3 aromatic rings. The van der Waals surface area contributed by atoms with Crippen molar-refractivity contribution in [1.82, 2.24) is 9.97 Å². The van der Waals surface area contributed by atoms with E-state index in [0.717, 1.165) is 17.7 Å². The van der Waals surface area contributed by atoms with Crippen molar-refractivity contribution >= 4 is 29.1 Å². The monoisotopic (exact) mass is 420 g/mol. The Labute approximate surface area is 172 Å². The molecule has 0 bridgehead atoms. The Bertz CT molecular complexity index is 999. The fraction of sp³-hybridized carbons (Fsp3) is 0.238. The summed E-state index contributed by atoms with van der Waals surface area (Å²) in [5.41, 5.74) is 0.777. The van der Waals surface area contributed by atoms with Gasteiger partial charge in [0.15, 0.2) is 0 Å². The van der Waals surface area contributed by atoms with Crippen LogP contribution in [0.25, 0.3) is 11.3 Å². The minimum absolute atomic E-state index is 0.0509. The molecule has 0 saturated heterocycles. The van der Waals surface area contributed by atoms with Crippen molar-refractivity contribution < 1.29 is 13.2 Å². The zero-order valence-corrected chi connectivity index (χ0v) is 16.9. The molecule has 0 unspecified atom stereocenters. The van der Waals surface area contributed by atoms with E-state index < -0.39 is 11.7 Å². The van der Waals surface area contributed by atoms with Crippen LogP contribution in [0.1, 0.15) is 26.3 Å². The Kier molecular flexibility index (Phi) is 5.71. The molecule has 1 aromatic heterocycles. The van der Waals surface area contributed by atoms with Gasteiger partial charge in [-0.05, 0) is 39.0 Å². The summed E-state index contributed by atoms with van der Waals surface area (Å²) in [5.74, 6) is 0.802. The Hall–Kier alpha value is -2.80. The highest BCUT2D eigenvalue weighted by atomic mass is 35.5. The van der Waals surface area contributed by atoms with E-state index in [2.05, 4.69) is 20.6 Å². The first-order valence-corrected chi connectivity index (χ1v) is 9.25. The predicted molar refractivity (Wildman–Crippen MR) is 111 cm³/mol. The Morgan fingerprint density at radius 3 is 2.17 bits per heavy atom. The smallest absolute Gasteiger partial charge is 0.350 e. The molecule has 0 aliphatic rings. The minimum Gasteiger partial charge on any atom is -0.350 e. The van der Waals surface area contributed by atoms with Crippen LogP contribution in [-0.4, -0.2) is 15.5 Å². The van der Waals surface area contributed by atoms with E-state index in [-0.39, 0.29) is 10.6 Å². The average molecular weight is 421 g/mol. The van der Waals surface area contributed by atoms with Gasteiger partial charge in [-0.25, -0.2) is 4.98 Å². The number of halogens is 4. The fourth-order valence-corrected chi connectivity index (χ4v) is 2.82. The van der Waals surface area contributed by atoms with Gasteiger partial charge in [0.25, 0.3) is 0 Å². The zero-order chi connectivity index (χ0) is 21.2. The second kappa shape index (κ2) is 7.91. The summed E-state index contributed by atoms with van der Waals surface area (Å²) in [6.07, 6.45) is -4.46. The summed E-state index contributed by atoms with van der Waals surface area (Å²) in [5, 5.41) is 6.16. The first-order valence-electron chi connectivity index (χ1n) is 8.88. The molecular weight excluding hydrogens is 401 g/mol. The maximum absolute atomic E-state index is 12.9. The third-order valence-electron chi connectivity index (χ3n) is 3.84. The number of rotatable bonds is 4. The van der Waals surface area contributed by atoms with Gasteiger partial charge >= 0.3 is 6.18 Å². The molecule has 0 amide bonds. The zero-order valence-electron chi connectivity index (χ0n) is 16.1. The standard InChI is InChI=1S/C21H20ClF3N4/c1-20(2,3)29-19-27-17(13-7-5-4-6-8-13)12-18(28-19)26-16-10-9-14(11-15(16)22)21(23,24)25/h4-12H,1-3H3,(H2,26,27,28,29). The molecule has 0 saturated carbocycles. The lowest BCUT2D eigenvalue weighted by molar-refractivity contribution is -0.137. The van der Waals surface area contributed by atoms with E-state index >= 15 is 0 Å². The van der Waals surface area contributed by atoms with Gasteiger partial charge in [-0.3, -0.25) is 0 Å². The first-order chi connectivity index (χ1) is 13.5. The van der Waals surface area contributed by atoms with Crippen LogP contribution in [0.4, 0.5) is 30.6 Å². The topological polar surface area (TPSA) is 49.8 Å². The summed E-state index contributed by atoms with van der Waals surface area (Å²) < 4.78 is 38.6. The number of nitrogens with one attached hydrogen (secondary N) is 2. The van der Waals surface area contributed by atoms with Crippen LogP contribution in [-0.2, 0) is 6.18 Å². The maximum Gasteiger partial charge on any atom is 0.416 e. The van der Waals surface area contributed by atoms with E-state index in [1.54, 1.807) is 6.07 Å². The van der Waals surface area contributed by atoms with Crippen molar-refractivity contribution in [3.05, 3.63) is 65.2 Å². The summed E-state index contributed by atoms with van der Waals surface area (Å²) in [6, 6.07) is 14.4. The molecule has 3 rings (SSSR count). The maximum atomic E-state index is 12.9.